The second kappa shape index (κ2) is 7.87. The first kappa shape index (κ1) is 18.4. The van der Waals surface area contributed by atoms with Crippen molar-refractivity contribution in [2.24, 2.45) is 5.92 Å². The van der Waals surface area contributed by atoms with Gasteiger partial charge in [-0.3, -0.25) is 9.69 Å². The van der Waals surface area contributed by atoms with Crippen molar-refractivity contribution in [3.05, 3.63) is 58.5 Å². The molecule has 1 fully saturated rings. The zero-order chi connectivity index (χ0) is 18.7. The third kappa shape index (κ3) is 4.05. The van der Waals surface area contributed by atoms with Crippen LogP contribution in [0.2, 0.25) is 0 Å². The average molecular weight is 355 g/mol. The number of furan rings is 1. The molecular formula is C21H25NO4. The van der Waals surface area contributed by atoms with Gasteiger partial charge in [0.2, 0.25) is 0 Å². The van der Waals surface area contributed by atoms with Crippen LogP contribution in [-0.2, 0) is 11.3 Å². The normalized spacial score (nSPS) is 15.8. The minimum atomic E-state index is -0.375. The van der Waals surface area contributed by atoms with Crippen LogP contribution < -0.4 is 0 Å². The number of esters is 1. The number of piperidine rings is 1. The molecule has 5 heteroatoms. The predicted octanol–water partition coefficient (Wildman–Crippen LogP) is 3.78. The minimum absolute atomic E-state index is 0.0814. The number of carbonyl (C=O) groups excluding carboxylic acids is 2. The highest BCUT2D eigenvalue weighted by Crippen LogP contribution is 2.24. The van der Waals surface area contributed by atoms with Crippen molar-refractivity contribution < 1.29 is 18.7 Å². The molecule has 1 saturated heterocycles. The number of rotatable bonds is 5. The van der Waals surface area contributed by atoms with E-state index in [1.54, 1.807) is 13.0 Å². The van der Waals surface area contributed by atoms with Gasteiger partial charge in [0.1, 0.15) is 17.1 Å². The fourth-order valence-electron chi connectivity index (χ4n) is 3.46. The van der Waals surface area contributed by atoms with Gasteiger partial charge in [0.15, 0.2) is 5.78 Å². The molecule has 0 radical (unpaired) electrons. The third-order valence-corrected chi connectivity index (χ3v) is 5.05. The van der Waals surface area contributed by atoms with Gasteiger partial charge in [-0.25, -0.2) is 4.79 Å². The average Bonchev–Trinajstić information content (AvgIpc) is 3.02. The maximum atomic E-state index is 12.6. The van der Waals surface area contributed by atoms with Gasteiger partial charge >= 0.3 is 5.97 Å². The molecule has 0 unspecified atom stereocenters. The molecule has 2 heterocycles. The van der Waals surface area contributed by atoms with Crippen LogP contribution in [0, 0.1) is 19.8 Å². The van der Waals surface area contributed by atoms with Gasteiger partial charge in [-0.05, 0) is 45.8 Å². The van der Waals surface area contributed by atoms with Gasteiger partial charge in [-0.15, -0.1) is 0 Å². The molecule has 1 aliphatic rings. The monoisotopic (exact) mass is 355 g/mol. The molecule has 1 aromatic carbocycles. The summed E-state index contributed by atoms with van der Waals surface area (Å²) in [7, 11) is 1.37. The van der Waals surface area contributed by atoms with Crippen LogP contribution in [0.3, 0.4) is 0 Å². The largest absolute Gasteiger partial charge is 0.465 e. The van der Waals surface area contributed by atoms with Crippen LogP contribution in [-0.4, -0.2) is 36.9 Å². The van der Waals surface area contributed by atoms with Crippen LogP contribution in [0.25, 0.3) is 0 Å². The van der Waals surface area contributed by atoms with Crippen LogP contribution in [0.15, 0.2) is 34.7 Å². The first-order valence-corrected chi connectivity index (χ1v) is 8.98. The highest BCUT2D eigenvalue weighted by atomic mass is 16.5. The van der Waals surface area contributed by atoms with Crippen molar-refractivity contribution in [2.45, 2.75) is 33.2 Å². The maximum absolute atomic E-state index is 12.6. The molecule has 1 aliphatic heterocycles. The van der Waals surface area contributed by atoms with Crippen molar-refractivity contribution in [2.75, 3.05) is 20.2 Å². The Morgan fingerprint density at radius 3 is 2.42 bits per heavy atom. The molecule has 5 nitrogen and oxygen atoms in total. The first-order chi connectivity index (χ1) is 12.5. The first-order valence-electron chi connectivity index (χ1n) is 8.98. The van der Waals surface area contributed by atoms with Crippen LogP contribution in [0.1, 0.15) is 50.6 Å². The van der Waals surface area contributed by atoms with Crippen LogP contribution in [0.5, 0.6) is 0 Å². The number of aryl methyl sites for hydroxylation is 2. The van der Waals surface area contributed by atoms with Gasteiger partial charge < -0.3 is 9.15 Å². The number of nitrogens with zero attached hydrogens (tertiary/aromatic N) is 1. The summed E-state index contributed by atoms with van der Waals surface area (Å²) in [5.74, 6) is 1.28. The Morgan fingerprint density at radius 1 is 1.15 bits per heavy atom. The predicted molar refractivity (Wildman–Crippen MR) is 98.3 cm³/mol. The number of ether oxygens (including phenoxy) is 1. The lowest BCUT2D eigenvalue weighted by Gasteiger charge is -2.30. The standard InChI is InChI=1S/C21H25NO4/c1-14-4-6-16(7-5-14)20(23)17-8-10-22(11-9-17)13-18-12-19(15(2)26-18)21(24)25-3/h4-7,12,17H,8-11,13H2,1-3H3. The topological polar surface area (TPSA) is 59.8 Å². The summed E-state index contributed by atoms with van der Waals surface area (Å²) in [5, 5.41) is 0. The number of carbonyl (C=O) groups is 2. The number of hydrogen-bond acceptors (Lipinski definition) is 5. The van der Waals surface area contributed by atoms with Gasteiger partial charge in [0.25, 0.3) is 0 Å². The Balaban J connectivity index is 1.56. The van der Waals surface area contributed by atoms with E-state index >= 15 is 0 Å². The molecule has 0 atom stereocenters. The van der Waals surface area contributed by atoms with E-state index < -0.39 is 0 Å². The molecule has 0 N–H and O–H groups in total. The van der Waals surface area contributed by atoms with E-state index in [0.29, 0.717) is 17.9 Å². The molecule has 26 heavy (non-hydrogen) atoms. The van der Waals surface area contributed by atoms with Crippen molar-refractivity contribution in [3.63, 3.8) is 0 Å². The number of methoxy groups -OCH3 is 1. The molecule has 0 saturated carbocycles. The van der Waals surface area contributed by atoms with Gasteiger partial charge in [-0.2, -0.15) is 0 Å². The molecule has 2 aromatic rings. The van der Waals surface area contributed by atoms with Crippen molar-refractivity contribution in [3.8, 4) is 0 Å². The Labute approximate surface area is 153 Å². The van der Waals surface area contributed by atoms with Crippen molar-refractivity contribution >= 4 is 11.8 Å². The van der Waals surface area contributed by atoms with E-state index in [0.717, 1.165) is 42.8 Å². The number of ketones is 1. The van der Waals surface area contributed by atoms with Crippen molar-refractivity contribution in [1.29, 1.82) is 0 Å². The summed E-state index contributed by atoms with van der Waals surface area (Å²) in [4.78, 5) is 26.6. The fourth-order valence-corrected chi connectivity index (χ4v) is 3.46. The smallest absolute Gasteiger partial charge is 0.341 e. The summed E-state index contributed by atoms with van der Waals surface area (Å²) in [6.45, 7) is 6.12. The summed E-state index contributed by atoms with van der Waals surface area (Å²) in [6.07, 6.45) is 1.69. The van der Waals surface area contributed by atoms with Gasteiger partial charge in [0.05, 0.1) is 13.7 Å². The Morgan fingerprint density at radius 2 is 1.81 bits per heavy atom. The highest BCUT2D eigenvalue weighted by Gasteiger charge is 2.26. The highest BCUT2D eigenvalue weighted by molar-refractivity contribution is 5.97. The molecule has 138 valence electrons. The number of benzene rings is 1. The van der Waals surface area contributed by atoms with E-state index in [-0.39, 0.29) is 17.7 Å². The van der Waals surface area contributed by atoms with E-state index in [2.05, 4.69) is 4.90 Å². The number of hydrogen-bond donors (Lipinski definition) is 0. The SMILES string of the molecule is COC(=O)c1cc(CN2CCC(C(=O)c3ccc(C)cc3)CC2)oc1C. The summed E-state index contributed by atoms with van der Waals surface area (Å²) >= 11 is 0. The quantitative estimate of drug-likeness (QED) is 0.603. The third-order valence-electron chi connectivity index (χ3n) is 5.05. The van der Waals surface area contributed by atoms with Crippen LogP contribution >= 0.6 is 0 Å². The van der Waals surface area contributed by atoms with Crippen molar-refractivity contribution in [1.82, 2.24) is 4.90 Å². The molecule has 0 aliphatic carbocycles. The van der Waals surface area contributed by atoms with Gasteiger partial charge in [-0.1, -0.05) is 29.8 Å². The molecule has 0 bridgehead atoms. The second-order valence-electron chi connectivity index (χ2n) is 6.95. The lowest BCUT2D eigenvalue weighted by atomic mass is 9.88. The molecular weight excluding hydrogens is 330 g/mol. The zero-order valence-corrected chi connectivity index (χ0v) is 15.6. The Hall–Kier alpha value is -2.40. The summed E-state index contributed by atoms with van der Waals surface area (Å²) in [6, 6.07) is 9.57. The molecule has 3 rings (SSSR count). The zero-order valence-electron chi connectivity index (χ0n) is 15.6. The van der Waals surface area contributed by atoms with Gasteiger partial charge in [0, 0.05) is 11.5 Å². The number of likely N-dealkylation sites (tertiary alicyclic amines) is 1. The summed E-state index contributed by atoms with van der Waals surface area (Å²) < 4.78 is 10.4. The van der Waals surface area contributed by atoms with Crippen LogP contribution in [0.4, 0.5) is 0 Å². The molecule has 0 spiro atoms. The maximum Gasteiger partial charge on any atom is 0.341 e. The molecule has 0 amide bonds. The Bertz CT molecular complexity index is 783. The lowest BCUT2D eigenvalue weighted by molar-refractivity contribution is 0.0598. The van der Waals surface area contributed by atoms with E-state index in [4.69, 9.17) is 9.15 Å². The second-order valence-corrected chi connectivity index (χ2v) is 6.95. The van der Waals surface area contributed by atoms with E-state index in [1.165, 1.54) is 7.11 Å². The fraction of sp³-hybridized carbons (Fsp3) is 0.429. The number of Topliss-reactive ketones (excluding diaryl/α,β-unsaturated/α-hetero) is 1. The molecule has 1 aromatic heterocycles. The lowest BCUT2D eigenvalue weighted by Crippen LogP contribution is -2.35. The summed E-state index contributed by atoms with van der Waals surface area (Å²) in [5.41, 5.74) is 2.45. The van der Waals surface area contributed by atoms with E-state index in [1.807, 2.05) is 31.2 Å². The van der Waals surface area contributed by atoms with E-state index in [9.17, 15) is 9.59 Å². The Kier molecular flexibility index (Phi) is 5.57. The minimum Gasteiger partial charge on any atom is -0.465 e.